The third kappa shape index (κ3) is 1.06. The van der Waals surface area contributed by atoms with Crippen LogP contribution < -0.4 is 5.73 Å². The third-order valence-electron chi connectivity index (χ3n) is 2.95. The van der Waals surface area contributed by atoms with Crippen LogP contribution in [0.1, 0.15) is 30.4 Å². The Kier molecular flexibility index (Phi) is 1.86. The molecule has 0 aliphatic heterocycles. The number of aliphatic hydroxyl groups is 1. The molecule has 14 heavy (non-hydrogen) atoms. The van der Waals surface area contributed by atoms with Crippen LogP contribution in [0.15, 0.2) is 24.3 Å². The number of hydrogen-bond donors (Lipinski definition) is 2. The molecule has 1 aromatic carbocycles. The van der Waals surface area contributed by atoms with Crippen LogP contribution in [-0.4, -0.2) is 11.0 Å². The van der Waals surface area contributed by atoms with Gasteiger partial charge in [0.15, 0.2) is 5.60 Å². The van der Waals surface area contributed by atoms with Crippen molar-refractivity contribution in [3.63, 3.8) is 0 Å². The molecule has 0 aromatic heterocycles. The van der Waals surface area contributed by atoms with Gasteiger partial charge in [0.2, 0.25) is 0 Å². The lowest BCUT2D eigenvalue weighted by Gasteiger charge is -2.19. The van der Waals surface area contributed by atoms with E-state index in [9.17, 15) is 9.90 Å². The number of carbonyl (C=O) groups is 1. The SMILES string of the molecule is CC1CC(O)(C(N)=O)c2ccccc21. The zero-order chi connectivity index (χ0) is 10.3. The normalized spacial score (nSPS) is 30.0. The van der Waals surface area contributed by atoms with Crippen LogP contribution in [0.2, 0.25) is 0 Å². The van der Waals surface area contributed by atoms with Crippen molar-refractivity contribution in [2.24, 2.45) is 5.73 Å². The molecule has 74 valence electrons. The van der Waals surface area contributed by atoms with E-state index in [0.717, 1.165) is 5.56 Å². The molecular formula is C11H13NO2. The summed E-state index contributed by atoms with van der Waals surface area (Å²) in [6, 6.07) is 7.41. The van der Waals surface area contributed by atoms with Crippen molar-refractivity contribution in [2.75, 3.05) is 0 Å². The molecule has 0 bridgehead atoms. The molecule has 1 amide bonds. The highest BCUT2D eigenvalue weighted by molar-refractivity contribution is 5.86. The van der Waals surface area contributed by atoms with Gasteiger partial charge in [0.1, 0.15) is 0 Å². The lowest BCUT2D eigenvalue weighted by atomic mass is 9.95. The van der Waals surface area contributed by atoms with Gasteiger partial charge < -0.3 is 10.8 Å². The molecule has 2 rings (SSSR count). The molecule has 0 radical (unpaired) electrons. The molecule has 0 spiro atoms. The summed E-state index contributed by atoms with van der Waals surface area (Å²) in [5.74, 6) is -0.474. The number of benzene rings is 1. The molecule has 2 atom stereocenters. The minimum Gasteiger partial charge on any atom is -0.375 e. The van der Waals surface area contributed by atoms with Gasteiger partial charge in [-0.15, -0.1) is 0 Å². The minimum absolute atomic E-state index is 0.184. The summed E-state index contributed by atoms with van der Waals surface area (Å²) in [5.41, 5.74) is 5.45. The van der Waals surface area contributed by atoms with Crippen LogP contribution in [0.3, 0.4) is 0 Å². The van der Waals surface area contributed by atoms with Gasteiger partial charge in [0, 0.05) is 0 Å². The van der Waals surface area contributed by atoms with Gasteiger partial charge in [-0.3, -0.25) is 4.79 Å². The van der Waals surface area contributed by atoms with Gasteiger partial charge in [-0.1, -0.05) is 31.2 Å². The van der Waals surface area contributed by atoms with Crippen molar-refractivity contribution in [3.8, 4) is 0 Å². The highest BCUT2D eigenvalue weighted by Gasteiger charge is 2.44. The monoisotopic (exact) mass is 191 g/mol. The largest absolute Gasteiger partial charge is 0.375 e. The number of primary amides is 1. The van der Waals surface area contributed by atoms with Gasteiger partial charge in [-0.05, 0) is 23.5 Å². The van der Waals surface area contributed by atoms with Crippen LogP contribution in [-0.2, 0) is 10.4 Å². The minimum atomic E-state index is -1.46. The van der Waals surface area contributed by atoms with Crippen LogP contribution in [0.4, 0.5) is 0 Å². The highest BCUT2D eigenvalue weighted by atomic mass is 16.3. The Bertz CT molecular complexity index is 389. The average molecular weight is 191 g/mol. The van der Waals surface area contributed by atoms with Gasteiger partial charge in [0.05, 0.1) is 0 Å². The lowest BCUT2D eigenvalue weighted by Crippen LogP contribution is -2.39. The first-order valence-electron chi connectivity index (χ1n) is 4.67. The summed E-state index contributed by atoms with van der Waals surface area (Å²) < 4.78 is 0. The van der Waals surface area contributed by atoms with Crippen LogP contribution in [0, 0.1) is 0 Å². The Morgan fingerprint density at radius 3 is 2.86 bits per heavy atom. The quantitative estimate of drug-likeness (QED) is 0.691. The molecule has 2 unspecified atom stereocenters. The van der Waals surface area contributed by atoms with Gasteiger partial charge in [0.25, 0.3) is 5.91 Å². The molecule has 0 saturated carbocycles. The predicted molar refractivity (Wildman–Crippen MR) is 52.6 cm³/mol. The number of hydrogen-bond acceptors (Lipinski definition) is 2. The number of rotatable bonds is 1. The first kappa shape index (κ1) is 9.21. The third-order valence-corrected chi connectivity index (χ3v) is 2.95. The molecule has 1 aromatic rings. The van der Waals surface area contributed by atoms with Crippen molar-refractivity contribution < 1.29 is 9.90 Å². The van der Waals surface area contributed by atoms with E-state index in [0.29, 0.717) is 12.0 Å². The van der Waals surface area contributed by atoms with E-state index < -0.39 is 11.5 Å². The van der Waals surface area contributed by atoms with Crippen LogP contribution >= 0.6 is 0 Å². The first-order chi connectivity index (χ1) is 6.55. The Hall–Kier alpha value is -1.35. The molecular weight excluding hydrogens is 178 g/mol. The first-order valence-corrected chi connectivity index (χ1v) is 4.67. The smallest absolute Gasteiger partial charge is 0.254 e. The standard InChI is InChI=1S/C11H13NO2/c1-7-6-11(14,10(12)13)9-5-3-2-4-8(7)9/h2-5,7,14H,6H2,1H3,(H2,12,13). The molecule has 0 saturated heterocycles. The fourth-order valence-electron chi connectivity index (χ4n) is 2.20. The summed E-state index contributed by atoms with van der Waals surface area (Å²) in [6.07, 6.45) is 0.391. The molecule has 3 N–H and O–H groups in total. The molecule has 1 aliphatic rings. The second-order valence-electron chi connectivity index (χ2n) is 3.92. The summed E-state index contributed by atoms with van der Waals surface area (Å²) in [6.45, 7) is 1.99. The highest BCUT2D eigenvalue weighted by Crippen LogP contribution is 2.43. The molecule has 1 aliphatic carbocycles. The zero-order valence-electron chi connectivity index (χ0n) is 8.03. The Labute approximate surface area is 82.5 Å². The second kappa shape index (κ2) is 2.82. The van der Waals surface area contributed by atoms with Crippen LogP contribution in [0.25, 0.3) is 0 Å². The maximum absolute atomic E-state index is 11.2. The Morgan fingerprint density at radius 1 is 1.57 bits per heavy atom. The fourth-order valence-corrected chi connectivity index (χ4v) is 2.20. The number of nitrogens with two attached hydrogens (primary N) is 1. The van der Waals surface area contributed by atoms with E-state index >= 15 is 0 Å². The topological polar surface area (TPSA) is 63.3 Å². The van der Waals surface area contributed by atoms with Gasteiger partial charge >= 0.3 is 0 Å². The Balaban J connectivity index is 2.59. The van der Waals surface area contributed by atoms with Crippen LogP contribution in [0.5, 0.6) is 0 Å². The van der Waals surface area contributed by atoms with E-state index in [4.69, 9.17) is 5.73 Å². The summed E-state index contributed by atoms with van der Waals surface area (Å²) in [5, 5.41) is 10.1. The predicted octanol–water partition coefficient (Wildman–Crippen LogP) is 0.867. The summed E-state index contributed by atoms with van der Waals surface area (Å²) in [7, 11) is 0. The zero-order valence-corrected chi connectivity index (χ0v) is 8.03. The second-order valence-corrected chi connectivity index (χ2v) is 3.92. The van der Waals surface area contributed by atoms with Gasteiger partial charge in [-0.2, -0.15) is 0 Å². The fraction of sp³-hybridized carbons (Fsp3) is 0.364. The number of amides is 1. The van der Waals surface area contributed by atoms with Crippen molar-refractivity contribution in [1.29, 1.82) is 0 Å². The van der Waals surface area contributed by atoms with Crippen molar-refractivity contribution in [2.45, 2.75) is 24.9 Å². The van der Waals surface area contributed by atoms with E-state index in [1.807, 2.05) is 25.1 Å². The average Bonchev–Trinajstić information content (AvgIpc) is 2.42. The maximum Gasteiger partial charge on any atom is 0.254 e. The van der Waals surface area contributed by atoms with E-state index in [1.165, 1.54) is 0 Å². The van der Waals surface area contributed by atoms with E-state index in [1.54, 1.807) is 6.07 Å². The van der Waals surface area contributed by atoms with Crippen molar-refractivity contribution in [3.05, 3.63) is 35.4 Å². The number of fused-ring (bicyclic) bond motifs is 1. The van der Waals surface area contributed by atoms with Crippen molar-refractivity contribution >= 4 is 5.91 Å². The Morgan fingerprint density at radius 2 is 2.21 bits per heavy atom. The number of carbonyl (C=O) groups excluding carboxylic acids is 1. The summed E-state index contributed by atoms with van der Waals surface area (Å²) in [4.78, 5) is 11.2. The molecule has 0 fully saturated rings. The lowest BCUT2D eigenvalue weighted by molar-refractivity contribution is -0.137. The molecule has 0 heterocycles. The van der Waals surface area contributed by atoms with Crippen molar-refractivity contribution in [1.82, 2.24) is 0 Å². The van der Waals surface area contributed by atoms with Gasteiger partial charge in [-0.25, -0.2) is 0 Å². The molecule has 3 nitrogen and oxygen atoms in total. The molecule has 3 heteroatoms. The van der Waals surface area contributed by atoms with E-state index in [2.05, 4.69) is 0 Å². The summed E-state index contributed by atoms with van der Waals surface area (Å²) >= 11 is 0. The van der Waals surface area contributed by atoms with E-state index in [-0.39, 0.29) is 5.92 Å². The maximum atomic E-state index is 11.2.